The predicted molar refractivity (Wildman–Crippen MR) is 63.9 cm³/mol. The molecule has 82 valence electrons. The molecule has 2 aromatic carbocycles. The van der Waals surface area contributed by atoms with Crippen molar-refractivity contribution in [3.8, 4) is 5.75 Å². The molecular weight excluding hydrogens is 202 g/mol. The van der Waals surface area contributed by atoms with Gasteiger partial charge in [0, 0.05) is 5.39 Å². The van der Waals surface area contributed by atoms with E-state index in [4.69, 9.17) is 9.84 Å². The molecule has 0 spiro atoms. The van der Waals surface area contributed by atoms with E-state index in [-0.39, 0.29) is 12.6 Å². The van der Waals surface area contributed by atoms with Gasteiger partial charge in [0.05, 0.1) is 18.3 Å². The molecule has 1 aliphatic rings. The smallest absolute Gasteiger partial charge is 0.150 e. The number of ether oxygens (including phenoxy) is 1. The Labute approximate surface area is 93.7 Å². The van der Waals surface area contributed by atoms with Gasteiger partial charge in [0.2, 0.25) is 0 Å². The van der Waals surface area contributed by atoms with Crippen LogP contribution < -0.4 is 10.1 Å². The van der Waals surface area contributed by atoms with Gasteiger partial charge in [-0.2, -0.15) is 0 Å². The number of aliphatic hydroxyl groups excluding tert-OH is 1. The van der Waals surface area contributed by atoms with Crippen LogP contribution in [0.25, 0.3) is 10.8 Å². The van der Waals surface area contributed by atoms with E-state index < -0.39 is 0 Å². The number of benzene rings is 2. The number of hydrogen-bond donors (Lipinski definition) is 2. The zero-order valence-corrected chi connectivity index (χ0v) is 8.81. The third kappa shape index (κ3) is 1.41. The zero-order valence-electron chi connectivity index (χ0n) is 8.81. The molecule has 0 saturated heterocycles. The van der Waals surface area contributed by atoms with Crippen LogP contribution >= 0.6 is 0 Å². The van der Waals surface area contributed by atoms with Crippen LogP contribution in [0.3, 0.4) is 0 Å². The summed E-state index contributed by atoms with van der Waals surface area (Å²) in [5.41, 5.74) is 0.962. The number of hydrogen-bond acceptors (Lipinski definition) is 3. The summed E-state index contributed by atoms with van der Waals surface area (Å²) in [6.07, 6.45) is 0. The lowest BCUT2D eigenvalue weighted by atomic mass is 10.1. The topological polar surface area (TPSA) is 41.5 Å². The van der Waals surface area contributed by atoms with Crippen molar-refractivity contribution in [2.45, 2.75) is 6.04 Å². The van der Waals surface area contributed by atoms with Gasteiger partial charge >= 0.3 is 0 Å². The Balaban J connectivity index is 2.14. The number of anilines is 1. The van der Waals surface area contributed by atoms with Crippen LogP contribution in [0, 0.1) is 0 Å². The molecule has 0 saturated carbocycles. The molecule has 0 aliphatic carbocycles. The summed E-state index contributed by atoms with van der Waals surface area (Å²) in [6.45, 7) is 0.601. The molecule has 2 N–H and O–H groups in total. The molecule has 3 rings (SSSR count). The molecule has 3 heteroatoms. The van der Waals surface area contributed by atoms with Gasteiger partial charge in [-0.3, -0.25) is 0 Å². The van der Waals surface area contributed by atoms with Crippen molar-refractivity contribution in [3.63, 3.8) is 0 Å². The second-order valence-electron chi connectivity index (χ2n) is 4.00. The van der Waals surface area contributed by atoms with Crippen LogP contribution in [0.4, 0.5) is 5.69 Å². The Morgan fingerprint density at radius 2 is 2.12 bits per heavy atom. The summed E-state index contributed by atoms with van der Waals surface area (Å²) >= 11 is 0. The minimum atomic E-state index is -0.00587. The summed E-state index contributed by atoms with van der Waals surface area (Å²) in [5, 5.41) is 14.6. The van der Waals surface area contributed by atoms with Crippen molar-refractivity contribution in [1.82, 2.24) is 0 Å². The largest absolute Gasteiger partial charge is 0.489 e. The van der Waals surface area contributed by atoms with Crippen LogP contribution in [-0.2, 0) is 0 Å². The Morgan fingerprint density at radius 1 is 1.25 bits per heavy atom. The molecule has 16 heavy (non-hydrogen) atoms. The zero-order chi connectivity index (χ0) is 11.0. The summed E-state index contributed by atoms with van der Waals surface area (Å²) in [5.74, 6) is 0.891. The second-order valence-corrected chi connectivity index (χ2v) is 4.00. The molecule has 1 aliphatic heterocycles. The summed E-state index contributed by atoms with van der Waals surface area (Å²) < 4.78 is 5.72. The van der Waals surface area contributed by atoms with Crippen LogP contribution in [-0.4, -0.2) is 24.4 Å². The molecule has 1 unspecified atom stereocenters. The van der Waals surface area contributed by atoms with Crippen molar-refractivity contribution in [3.05, 3.63) is 36.4 Å². The average Bonchev–Trinajstić information content (AvgIpc) is 2.38. The molecule has 2 aromatic rings. The molecular formula is C13H13NO2. The van der Waals surface area contributed by atoms with Gasteiger partial charge < -0.3 is 15.2 Å². The Kier molecular flexibility index (Phi) is 2.18. The van der Waals surface area contributed by atoms with Crippen molar-refractivity contribution in [2.75, 3.05) is 18.5 Å². The number of nitrogens with one attached hydrogen (secondary N) is 1. The SMILES string of the molecule is OCC1COc2c(ccc3ccccc23)N1. The lowest BCUT2D eigenvalue weighted by Gasteiger charge is -2.27. The minimum absolute atomic E-state index is 0.00587. The highest BCUT2D eigenvalue weighted by Crippen LogP contribution is 2.36. The summed E-state index contributed by atoms with van der Waals surface area (Å²) in [6, 6.07) is 12.2. The fourth-order valence-electron chi connectivity index (χ4n) is 2.06. The molecule has 0 radical (unpaired) electrons. The number of rotatable bonds is 1. The molecule has 1 atom stereocenters. The number of fused-ring (bicyclic) bond motifs is 3. The lowest BCUT2D eigenvalue weighted by molar-refractivity contribution is 0.209. The van der Waals surface area contributed by atoms with E-state index >= 15 is 0 Å². The first kappa shape index (κ1) is 9.48. The van der Waals surface area contributed by atoms with Crippen LogP contribution in [0.1, 0.15) is 0 Å². The highest BCUT2D eigenvalue weighted by atomic mass is 16.5. The maximum absolute atomic E-state index is 9.09. The van der Waals surface area contributed by atoms with E-state index in [1.165, 1.54) is 5.39 Å². The first-order valence-corrected chi connectivity index (χ1v) is 5.40. The van der Waals surface area contributed by atoms with Gasteiger partial charge in [0.25, 0.3) is 0 Å². The van der Waals surface area contributed by atoms with Crippen molar-refractivity contribution >= 4 is 16.5 Å². The van der Waals surface area contributed by atoms with Crippen LogP contribution in [0.2, 0.25) is 0 Å². The molecule has 0 bridgehead atoms. The average molecular weight is 215 g/mol. The fourth-order valence-corrected chi connectivity index (χ4v) is 2.06. The van der Waals surface area contributed by atoms with Crippen LogP contribution in [0.5, 0.6) is 5.75 Å². The molecule has 3 nitrogen and oxygen atoms in total. The standard InChI is InChI=1S/C13H13NO2/c15-7-10-8-16-13-11-4-2-1-3-9(11)5-6-12(13)14-10/h1-6,10,14-15H,7-8H2. The maximum atomic E-state index is 9.09. The molecule has 0 aromatic heterocycles. The van der Waals surface area contributed by atoms with E-state index in [1.807, 2.05) is 18.2 Å². The monoisotopic (exact) mass is 215 g/mol. The van der Waals surface area contributed by atoms with Gasteiger partial charge in [-0.05, 0) is 11.5 Å². The predicted octanol–water partition coefficient (Wildman–Crippen LogP) is 2.00. The third-order valence-corrected chi connectivity index (χ3v) is 2.89. The Morgan fingerprint density at radius 3 is 3.00 bits per heavy atom. The summed E-state index contributed by atoms with van der Waals surface area (Å²) in [4.78, 5) is 0. The van der Waals surface area contributed by atoms with E-state index in [9.17, 15) is 0 Å². The lowest BCUT2D eigenvalue weighted by Crippen LogP contribution is -2.34. The fraction of sp³-hybridized carbons (Fsp3) is 0.231. The van der Waals surface area contributed by atoms with Crippen molar-refractivity contribution in [2.24, 2.45) is 0 Å². The molecule has 0 fully saturated rings. The Hall–Kier alpha value is -1.74. The van der Waals surface area contributed by atoms with Crippen molar-refractivity contribution in [1.29, 1.82) is 0 Å². The highest BCUT2D eigenvalue weighted by molar-refractivity contribution is 5.93. The van der Waals surface area contributed by atoms with Crippen molar-refractivity contribution < 1.29 is 9.84 Å². The van der Waals surface area contributed by atoms with Gasteiger partial charge in [-0.25, -0.2) is 0 Å². The summed E-state index contributed by atoms with van der Waals surface area (Å²) in [7, 11) is 0. The molecule has 0 amide bonds. The Bertz CT molecular complexity index is 524. The first-order chi connectivity index (χ1) is 7.88. The first-order valence-electron chi connectivity index (χ1n) is 5.40. The van der Waals surface area contributed by atoms with Gasteiger partial charge in [0.15, 0.2) is 0 Å². The van der Waals surface area contributed by atoms with Gasteiger partial charge in [-0.15, -0.1) is 0 Å². The van der Waals surface area contributed by atoms with E-state index in [0.29, 0.717) is 6.61 Å². The van der Waals surface area contributed by atoms with E-state index in [2.05, 4.69) is 23.5 Å². The van der Waals surface area contributed by atoms with E-state index in [1.54, 1.807) is 0 Å². The number of aliphatic hydroxyl groups is 1. The molecule has 1 heterocycles. The second kappa shape index (κ2) is 3.68. The quantitative estimate of drug-likeness (QED) is 0.764. The highest BCUT2D eigenvalue weighted by Gasteiger charge is 2.19. The minimum Gasteiger partial charge on any atom is -0.489 e. The normalized spacial score (nSPS) is 18.7. The van der Waals surface area contributed by atoms with E-state index in [0.717, 1.165) is 16.8 Å². The maximum Gasteiger partial charge on any atom is 0.150 e. The van der Waals surface area contributed by atoms with Crippen LogP contribution in [0.15, 0.2) is 36.4 Å². The third-order valence-electron chi connectivity index (χ3n) is 2.89. The van der Waals surface area contributed by atoms with Gasteiger partial charge in [-0.1, -0.05) is 30.3 Å². The van der Waals surface area contributed by atoms with Gasteiger partial charge in [0.1, 0.15) is 12.4 Å².